The van der Waals surface area contributed by atoms with Crippen LogP contribution in [0.25, 0.3) is 10.9 Å². The summed E-state index contributed by atoms with van der Waals surface area (Å²) in [4.78, 5) is 17.1. The zero-order chi connectivity index (χ0) is 16.4. The quantitative estimate of drug-likeness (QED) is 0.798. The first-order valence-corrected chi connectivity index (χ1v) is 7.87. The average molecular weight is 328 g/mol. The molecule has 1 unspecified atom stereocenters. The first-order valence-electron chi connectivity index (χ1n) is 7.50. The molecule has 0 aliphatic rings. The second-order valence-corrected chi connectivity index (χ2v) is 6.02. The van der Waals surface area contributed by atoms with Crippen LogP contribution in [0.15, 0.2) is 53.3 Å². The molecule has 1 aromatic heterocycles. The van der Waals surface area contributed by atoms with Gasteiger partial charge in [-0.1, -0.05) is 41.9 Å². The minimum atomic E-state index is -0.0825. The summed E-state index contributed by atoms with van der Waals surface area (Å²) in [6, 6.07) is 15.3. The van der Waals surface area contributed by atoms with Gasteiger partial charge in [0, 0.05) is 18.6 Å². The zero-order valence-corrected chi connectivity index (χ0v) is 13.8. The lowest BCUT2D eigenvalue weighted by Gasteiger charge is -2.17. The molecule has 1 heterocycles. The SMILES string of the molecule is CC(NCc1ccccc1)c1nc2ccc(Cl)cc2c(=O)n1C. The van der Waals surface area contributed by atoms with Crippen LogP contribution in [0.2, 0.25) is 5.02 Å². The molecule has 0 radical (unpaired) electrons. The van der Waals surface area contributed by atoms with Gasteiger partial charge in [0.15, 0.2) is 0 Å². The van der Waals surface area contributed by atoms with Crippen molar-refractivity contribution in [1.82, 2.24) is 14.9 Å². The monoisotopic (exact) mass is 327 g/mol. The number of hydrogen-bond acceptors (Lipinski definition) is 3. The molecule has 4 nitrogen and oxygen atoms in total. The maximum atomic E-state index is 12.5. The highest BCUT2D eigenvalue weighted by Crippen LogP contribution is 2.17. The molecule has 0 spiro atoms. The highest BCUT2D eigenvalue weighted by atomic mass is 35.5. The van der Waals surface area contributed by atoms with Gasteiger partial charge in [0.05, 0.1) is 16.9 Å². The van der Waals surface area contributed by atoms with Gasteiger partial charge in [-0.25, -0.2) is 4.98 Å². The van der Waals surface area contributed by atoms with Gasteiger partial charge in [-0.15, -0.1) is 0 Å². The van der Waals surface area contributed by atoms with E-state index in [9.17, 15) is 4.79 Å². The van der Waals surface area contributed by atoms with Gasteiger partial charge in [-0.05, 0) is 30.7 Å². The smallest absolute Gasteiger partial charge is 0.261 e. The molecule has 23 heavy (non-hydrogen) atoms. The van der Waals surface area contributed by atoms with Crippen LogP contribution in [0.1, 0.15) is 24.4 Å². The molecule has 0 aliphatic carbocycles. The van der Waals surface area contributed by atoms with Crippen molar-refractivity contribution >= 4 is 22.5 Å². The normalized spacial score (nSPS) is 12.5. The van der Waals surface area contributed by atoms with E-state index in [-0.39, 0.29) is 11.6 Å². The summed E-state index contributed by atoms with van der Waals surface area (Å²) < 4.78 is 1.58. The number of halogens is 1. The Balaban J connectivity index is 1.91. The predicted octanol–water partition coefficient (Wildman–Crippen LogP) is 3.44. The number of aromatic nitrogens is 2. The van der Waals surface area contributed by atoms with E-state index in [1.807, 2.05) is 25.1 Å². The number of fused-ring (bicyclic) bond motifs is 1. The first-order chi connectivity index (χ1) is 11.1. The topological polar surface area (TPSA) is 46.9 Å². The lowest BCUT2D eigenvalue weighted by Crippen LogP contribution is -2.29. The van der Waals surface area contributed by atoms with Gasteiger partial charge < -0.3 is 5.32 Å². The fourth-order valence-electron chi connectivity index (χ4n) is 2.61. The van der Waals surface area contributed by atoms with Gasteiger partial charge in [-0.2, -0.15) is 0 Å². The highest BCUT2D eigenvalue weighted by Gasteiger charge is 2.14. The molecule has 0 aliphatic heterocycles. The minimum absolute atomic E-state index is 0.0482. The Morgan fingerprint density at radius 2 is 1.96 bits per heavy atom. The molecule has 0 saturated heterocycles. The lowest BCUT2D eigenvalue weighted by molar-refractivity contribution is 0.520. The average Bonchev–Trinajstić information content (AvgIpc) is 2.57. The van der Waals surface area contributed by atoms with Crippen LogP contribution in [0.3, 0.4) is 0 Å². The third-order valence-corrected chi connectivity index (χ3v) is 4.15. The summed E-state index contributed by atoms with van der Waals surface area (Å²) in [5.74, 6) is 0.709. The molecule has 118 valence electrons. The lowest BCUT2D eigenvalue weighted by atomic mass is 10.2. The van der Waals surface area contributed by atoms with Crippen molar-refractivity contribution < 1.29 is 0 Å². The van der Waals surface area contributed by atoms with Crippen molar-refractivity contribution in [3.8, 4) is 0 Å². The Morgan fingerprint density at radius 3 is 2.70 bits per heavy atom. The Labute approximate surface area is 139 Å². The Morgan fingerprint density at radius 1 is 1.22 bits per heavy atom. The van der Waals surface area contributed by atoms with Crippen molar-refractivity contribution in [2.75, 3.05) is 0 Å². The fourth-order valence-corrected chi connectivity index (χ4v) is 2.78. The van der Waals surface area contributed by atoms with E-state index in [0.29, 0.717) is 21.7 Å². The number of rotatable bonds is 4. The summed E-state index contributed by atoms with van der Waals surface area (Å²) in [5, 5.41) is 4.49. The van der Waals surface area contributed by atoms with Crippen LogP contribution >= 0.6 is 11.6 Å². The van der Waals surface area contributed by atoms with E-state index < -0.39 is 0 Å². The number of nitrogens with zero attached hydrogens (tertiary/aromatic N) is 2. The van der Waals surface area contributed by atoms with Gasteiger partial charge in [0.1, 0.15) is 5.82 Å². The number of benzene rings is 2. The second-order valence-electron chi connectivity index (χ2n) is 5.58. The van der Waals surface area contributed by atoms with Gasteiger partial charge in [0.25, 0.3) is 5.56 Å². The largest absolute Gasteiger partial charge is 0.303 e. The maximum Gasteiger partial charge on any atom is 0.261 e. The van der Waals surface area contributed by atoms with Gasteiger partial charge in [0.2, 0.25) is 0 Å². The van der Waals surface area contributed by atoms with Crippen molar-refractivity contribution in [2.24, 2.45) is 7.05 Å². The minimum Gasteiger partial charge on any atom is -0.303 e. The molecule has 0 saturated carbocycles. The summed E-state index contributed by atoms with van der Waals surface area (Å²) in [6.45, 7) is 2.73. The number of nitrogens with one attached hydrogen (secondary N) is 1. The van der Waals surface area contributed by atoms with Crippen molar-refractivity contribution in [3.63, 3.8) is 0 Å². The van der Waals surface area contributed by atoms with E-state index in [2.05, 4.69) is 22.4 Å². The molecule has 3 aromatic rings. The highest BCUT2D eigenvalue weighted by molar-refractivity contribution is 6.31. The summed E-state index contributed by atoms with van der Waals surface area (Å²) in [6.07, 6.45) is 0. The Kier molecular flexibility index (Phi) is 4.46. The molecule has 0 fully saturated rings. The summed E-state index contributed by atoms with van der Waals surface area (Å²) in [5.41, 5.74) is 1.78. The van der Waals surface area contributed by atoms with E-state index in [1.165, 1.54) is 5.56 Å². The van der Waals surface area contributed by atoms with Crippen LogP contribution in [0.5, 0.6) is 0 Å². The van der Waals surface area contributed by atoms with Gasteiger partial charge >= 0.3 is 0 Å². The third-order valence-electron chi connectivity index (χ3n) is 3.91. The summed E-state index contributed by atoms with van der Waals surface area (Å²) in [7, 11) is 1.74. The van der Waals surface area contributed by atoms with Gasteiger partial charge in [-0.3, -0.25) is 9.36 Å². The molecule has 0 amide bonds. The molecular formula is C18H18ClN3O. The molecule has 1 atom stereocenters. The molecule has 0 bridgehead atoms. The maximum absolute atomic E-state index is 12.5. The van der Waals surface area contributed by atoms with E-state index >= 15 is 0 Å². The van der Waals surface area contributed by atoms with Crippen molar-refractivity contribution in [1.29, 1.82) is 0 Å². The van der Waals surface area contributed by atoms with Crippen LogP contribution in [-0.4, -0.2) is 9.55 Å². The predicted molar refractivity (Wildman–Crippen MR) is 93.7 cm³/mol. The summed E-state index contributed by atoms with van der Waals surface area (Å²) >= 11 is 5.97. The van der Waals surface area contributed by atoms with Crippen LogP contribution in [0, 0.1) is 0 Å². The molecule has 5 heteroatoms. The van der Waals surface area contributed by atoms with E-state index in [1.54, 1.807) is 29.8 Å². The second kappa shape index (κ2) is 6.52. The number of hydrogen-bond donors (Lipinski definition) is 1. The van der Waals surface area contributed by atoms with Crippen molar-refractivity contribution in [3.05, 3.63) is 75.3 Å². The zero-order valence-electron chi connectivity index (χ0n) is 13.1. The van der Waals surface area contributed by atoms with E-state index in [0.717, 1.165) is 6.54 Å². The molecule has 2 aromatic carbocycles. The van der Waals surface area contributed by atoms with Crippen molar-refractivity contribution in [2.45, 2.75) is 19.5 Å². The third kappa shape index (κ3) is 3.28. The van der Waals surface area contributed by atoms with Crippen LogP contribution < -0.4 is 10.9 Å². The molecule has 3 rings (SSSR count). The standard InChI is InChI=1S/C18H18ClN3O/c1-12(20-11-13-6-4-3-5-7-13)17-21-16-9-8-14(19)10-15(16)18(23)22(17)2/h3-10,12,20H,11H2,1-2H3. The molecular weight excluding hydrogens is 310 g/mol. The Bertz CT molecular complexity index is 890. The fraction of sp³-hybridized carbons (Fsp3) is 0.222. The molecule has 1 N–H and O–H groups in total. The Hall–Kier alpha value is -2.17. The first kappa shape index (κ1) is 15.7. The van der Waals surface area contributed by atoms with Crippen LogP contribution in [-0.2, 0) is 13.6 Å². The van der Waals surface area contributed by atoms with Crippen LogP contribution in [0.4, 0.5) is 0 Å². The van der Waals surface area contributed by atoms with E-state index in [4.69, 9.17) is 11.6 Å².